The van der Waals surface area contributed by atoms with E-state index in [2.05, 4.69) is 5.32 Å². The number of aliphatic carboxylic acids is 1. The molecule has 0 aromatic heterocycles. The van der Waals surface area contributed by atoms with Crippen molar-refractivity contribution >= 4 is 23.5 Å². The molecule has 2 rings (SSSR count). The van der Waals surface area contributed by atoms with Crippen LogP contribution in [0, 0.1) is 10.6 Å². The van der Waals surface area contributed by atoms with Crippen molar-refractivity contribution in [3.05, 3.63) is 35.0 Å². The zero-order valence-corrected chi connectivity index (χ0v) is 13.5. The van der Waals surface area contributed by atoms with E-state index >= 15 is 0 Å². The van der Waals surface area contributed by atoms with E-state index in [9.17, 15) is 14.8 Å². The van der Waals surface area contributed by atoms with Gasteiger partial charge < -0.3 is 22.8 Å². The van der Waals surface area contributed by atoms with Crippen molar-refractivity contribution in [2.45, 2.75) is 0 Å². The molecule has 0 aliphatic carbocycles. The fourth-order valence-electron chi connectivity index (χ4n) is 2.42. The average Bonchev–Trinajstić information content (AvgIpc) is 2.81. The summed E-state index contributed by atoms with van der Waals surface area (Å²) in [6, 6.07) is 5.53. The first-order chi connectivity index (χ1) is 10.8. The van der Waals surface area contributed by atoms with Crippen molar-refractivity contribution in [1.29, 1.82) is 5.41 Å². The number of carbonyl (C=O) groups excluding carboxylic acids is 1. The van der Waals surface area contributed by atoms with Gasteiger partial charge in [0.25, 0.3) is 0 Å². The average molecular weight is 329 g/mol. The number of benzene rings is 1. The minimum absolute atomic E-state index is 0. The normalized spacial score (nSPS) is 19.9. The SMILES string of the molecule is N=C(N)c1ccc([N+]2([O-])CCN(CCNCC(=O)O)C2=O)cc1.[H-].[Li+]. The summed E-state index contributed by atoms with van der Waals surface area (Å²) in [4.78, 5) is 24.2. The van der Waals surface area contributed by atoms with Crippen LogP contribution in [0.1, 0.15) is 6.99 Å². The summed E-state index contributed by atoms with van der Waals surface area (Å²) in [5.74, 6) is -1.08. The van der Waals surface area contributed by atoms with Gasteiger partial charge in [0.15, 0.2) is 0 Å². The Bertz CT molecular complexity index is 630. The molecule has 9 nitrogen and oxygen atoms in total. The summed E-state index contributed by atoms with van der Waals surface area (Å²) in [5, 5.41) is 31.4. The number of amidine groups is 1. The summed E-state index contributed by atoms with van der Waals surface area (Å²) in [5.41, 5.74) is 6.15. The van der Waals surface area contributed by atoms with Crippen LogP contribution in [0.4, 0.5) is 10.5 Å². The number of rotatable bonds is 7. The number of quaternary nitrogens is 1. The van der Waals surface area contributed by atoms with E-state index in [0.29, 0.717) is 24.3 Å². The minimum atomic E-state index is -1.09. The van der Waals surface area contributed by atoms with Crippen molar-refractivity contribution in [2.75, 3.05) is 32.7 Å². The maximum atomic E-state index is 12.8. The number of urea groups is 1. The molecule has 0 radical (unpaired) electrons. The second kappa shape index (κ2) is 8.28. The number of nitrogen functional groups attached to an aromatic ring is 1. The van der Waals surface area contributed by atoms with Gasteiger partial charge in [-0.25, -0.2) is 9.44 Å². The van der Waals surface area contributed by atoms with Crippen molar-refractivity contribution < 1.29 is 35.0 Å². The van der Waals surface area contributed by atoms with Gasteiger partial charge in [-0.15, -0.1) is 0 Å². The van der Waals surface area contributed by atoms with Crippen LogP contribution in [0.2, 0.25) is 0 Å². The number of nitrogens with two attached hydrogens (primary N) is 1. The zero-order chi connectivity index (χ0) is 17.0. The second-order valence-corrected chi connectivity index (χ2v) is 5.26. The molecule has 1 aliphatic heterocycles. The van der Waals surface area contributed by atoms with E-state index in [1.54, 1.807) is 12.1 Å². The first kappa shape index (κ1) is 20.2. The maximum Gasteiger partial charge on any atom is 1.00 e. The van der Waals surface area contributed by atoms with Crippen LogP contribution in [0.3, 0.4) is 0 Å². The smallest absolute Gasteiger partial charge is 1.00 e. The first-order valence-corrected chi connectivity index (χ1v) is 7.10. The van der Waals surface area contributed by atoms with Crippen LogP contribution in [-0.4, -0.2) is 60.6 Å². The second-order valence-electron chi connectivity index (χ2n) is 5.26. The quantitative estimate of drug-likeness (QED) is 0.105. The van der Waals surface area contributed by atoms with Gasteiger partial charge in [0, 0.05) is 30.8 Å². The van der Waals surface area contributed by atoms with Gasteiger partial charge in [0.1, 0.15) is 18.1 Å². The summed E-state index contributed by atoms with van der Waals surface area (Å²) < 4.78 is -1.09. The van der Waals surface area contributed by atoms with Crippen LogP contribution in [-0.2, 0) is 4.79 Å². The number of hydrogen-bond donors (Lipinski definition) is 4. The third-order valence-electron chi connectivity index (χ3n) is 3.69. The molecular weight excluding hydrogens is 309 g/mol. The minimum Gasteiger partial charge on any atom is -1.00 e. The molecule has 0 bridgehead atoms. The molecule has 1 aromatic carbocycles. The van der Waals surface area contributed by atoms with Crippen LogP contribution in [0.15, 0.2) is 24.3 Å². The first-order valence-electron chi connectivity index (χ1n) is 7.10. The topological polar surface area (TPSA) is 143 Å². The number of amides is 2. The third-order valence-corrected chi connectivity index (χ3v) is 3.69. The van der Waals surface area contributed by atoms with E-state index < -0.39 is 16.6 Å². The number of nitrogens with zero attached hydrogens (tertiary/aromatic N) is 2. The Kier molecular flexibility index (Phi) is 6.95. The summed E-state index contributed by atoms with van der Waals surface area (Å²) in [6.07, 6.45) is 0. The molecule has 24 heavy (non-hydrogen) atoms. The number of hydrogen-bond acceptors (Lipinski definition) is 5. The molecule has 126 valence electrons. The van der Waals surface area contributed by atoms with Gasteiger partial charge in [0.2, 0.25) is 0 Å². The van der Waals surface area contributed by atoms with Gasteiger partial charge in [-0.3, -0.25) is 15.1 Å². The van der Waals surface area contributed by atoms with Gasteiger partial charge in [0.05, 0.1) is 13.1 Å². The molecule has 1 aliphatic rings. The van der Waals surface area contributed by atoms with Gasteiger partial charge >= 0.3 is 30.9 Å². The fourth-order valence-corrected chi connectivity index (χ4v) is 2.42. The Labute approximate surface area is 152 Å². The molecular formula is C14H20LiN5O4. The summed E-state index contributed by atoms with van der Waals surface area (Å²) in [6.45, 7) is 0.801. The molecule has 1 heterocycles. The Morgan fingerprint density at radius 1 is 1.46 bits per heavy atom. The van der Waals surface area contributed by atoms with Crippen LogP contribution < -0.4 is 34.6 Å². The number of carbonyl (C=O) groups is 2. The molecule has 2 amide bonds. The Hall–Kier alpha value is -1.89. The van der Waals surface area contributed by atoms with Crippen molar-refractivity contribution in [3.63, 3.8) is 0 Å². The van der Waals surface area contributed by atoms with E-state index in [1.165, 1.54) is 17.0 Å². The Morgan fingerprint density at radius 2 is 2.08 bits per heavy atom. The maximum absolute atomic E-state index is 12.8. The molecule has 5 N–H and O–H groups in total. The predicted molar refractivity (Wildman–Crippen MR) is 86.1 cm³/mol. The molecule has 0 spiro atoms. The molecule has 1 aromatic rings. The third kappa shape index (κ3) is 4.34. The number of carboxylic acid groups (broad SMARTS) is 1. The van der Waals surface area contributed by atoms with Crippen molar-refractivity contribution in [1.82, 2.24) is 14.9 Å². The monoisotopic (exact) mass is 329 g/mol. The largest absolute Gasteiger partial charge is 1.00 e. The molecule has 1 saturated heterocycles. The standard InChI is InChI=1S/C14H19N5O4.Li.H/c15-13(16)10-1-3-11(4-2-10)19(23)8-7-18(14(19)22)6-5-17-9-12(20)21;;/h1-4,17H,5-9H2,(H3,15,16)(H,20,21);;/q;+1;-1. The van der Waals surface area contributed by atoms with E-state index in [-0.39, 0.29) is 45.8 Å². The number of nitrogens with one attached hydrogen (secondary N) is 2. The van der Waals surface area contributed by atoms with Crippen LogP contribution >= 0.6 is 0 Å². The number of carboxylic acids is 1. The van der Waals surface area contributed by atoms with Gasteiger partial charge in [-0.1, -0.05) is 0 Å². The van der Waals surface area contributed by atoms with Crippen LogP contribution in [0.25, 0.3) is 0 Å². The molecule has 1 unspecified atom stereocenters. The Balaban J connectivity index is 0.00000288. The van der Waals surface area contributed by atoms with E-state index in [0.717, 1.165) is 0 Å². The summed E-state index contributed by atoms with van der Waals surface area (Å²) in [7, 11) is 0. The van der Waals surface area contributed by atoms with Gasteiger partial charge in [-0.05, 0) is 12.1 Å². The fraction of sp³-hybridized carbons (Fsp3) is 0.357. The van der Waals surface area contributed by atoms with Crippen molar-refractivity contribution in [3.8, 4) is 0 Å². The molecule has 0 saturated carbocycles. The van der Waals surface area contributed by atoms with Gasteiger partial charge in [-0.2, -0.15) is 0 Å². The Morgan fingerprint density at radius 3 is 2.62 bits per heavy atom. The predicted octanol–water partition coefficient (Wildman–Crippen LogP) is -3.00. The van der Waals surface area contributed by atoms with E-state index in [4.69, 9.17) is 16.2 Å². The zero-order valence-electron chi connectivity index (χ0n) is 14.5. The van der Waals surface area contributed by atoms with Crippen molar-refractivity contribution in [2.24, 2.45) is 5.73 Å². The van der Waals surface area contributed by atoms with E-state index in [1.807, 2.05) is 0 Å². The molecule has 1 atom stereocenters. The molecule has 1 fully saturated rings. The number of hydroxylamine groups is 2. The summed E-state index contributed by atoms with van der Waals surface area (Å²) >= 11 is 0. The van der Waals surface area contributed by atoms with Crippen LogP contribution in [0.5, 0.6) is 0 Å². The molecule has 10 heteroatoms.